The largest absolute Gasteiger partial charge is 0.351 e. The average molecular weight is 375 g/mol. The third-order valence-electron chi connectivity index (χ3n) is 5.27. The van der Waals surface area contributed by atoms with Crippen molar-refractivity contribution in [3.05, 3.63) is 57.2 Å². The van der Waals surface area contributed by atoms with Crippen LogP contribution in [0.3, 0.4) is 0 Å². The standard InChI is InChI=1S/C19H19ClN2O2S/c20-14-4-1-3-13(9-14)18(24)22-7-6-19(12-22)10-16(19)17(23)21-11-15-5-2-8-25-15/h1-5,8-9,16H,6-7,10-12H2,(H,21,23)/t16-,19+/m0/s1. The summed E-state index contributed by atoms with van der Waals surface area (Å²) in [4.78, 5) is 28.1. The number of nitrogens with one attached hydrogen (secondary N) is 1. The molecule has 2 heterocycles. The molecule has 1 aromatic heterocycles. The number of carbonyl (C=O) groups is 2. The first kappa shape index (κ1) is 16.6. The number of amides is 2. The van der Waals surface area contributed by atoms with Crippen molar-refractivity contribution in [2.75, 3.05) is 13.1 Å². The van der Waals surface area contributed by atoms with Crippen molar-refractivity contribution in [2.24, 2.45) is 11.3 Å². The number of carbonyl (C=O) groups excluding carboxylic acids is 2. The fourth-order valence-electron chi connectivity index (χ4n) is 3.75. The molecule has 2 amide bonds. The summed E-state index contributed by atoms with van der Waals surface area (Å²) in [5.41, 5.74) is 0.595. The van der Waals surface area contributed by atoms with E-state index in [1.54, 1.807) is 35.6 Å². The summed E-state index contributed by atoms with van der Waals surface area (Å²) in [6, 6.07) is 11.1. The van der Waals surface area contributed by atoms with E-state index in [0.29, 0.717) is 30.2 Å². The molecule has 0 unspecified atom stereocenters. The maximum absolute atomic E-state index is 12.6. The average Bonchev–Trinajstić information content (AvgIpc) is 2.95. The van der Waals surface area contributed by atoms with Crippen molar-refractivity contribution in [3.8, 4) is 0 Å². The van der Waals surface area contributed by atoms with Crippen LogP contribution in [0.15, 0.2) is 41.8 Å². The van der Waals surface area contributed by atoms with Crippen molar-refractivity contribution < 1.29 is 9.59 Å². The van der Waals surface area contributed by atoms with Gasteiger partial charge in [0.25, 0.3) is 5.91 Å². The van der Waals surface area contributed by atoms with E-state index in [1.807, 2.05) is 22.4 Å². The molecule has 1 aliphatic heterocycles. The van der Waals surface area contributed by atoms with Gasteiger partial charge in [-0.05, 0) is 42.5 Å². The lowest BCUT2D eigenvalue weighted by atomic mass is 10.0. The number of halogens is 1. The molecular weight excluding hydrogens is 356 g/mol. The summed E-state index contributed by atoms with van der Waals surface area (Å²) in [6.45, 7) is 1.96. The summed E-state index contributed by atoms with van der Waals surface area (Å²) in [5, 5.41) is 5.61. The molecule has 1 saturated carbocycles. The molecule has 2 aliphatic rings. The molecule has 1 spiro atoms. The van der Waals surface area contributed by atoms with Crippen LogP contribution in [0, 0.1) is 11.3 Å². The quantitative estimate of drug-likeness (QED) is 0.889. The van der Waals surface area contributed by atoms with Gasteiger partial charge in [0.1, 0.15) is 0 Å². The summed E-state index contributed by atoms with van der Waals surface area (Å²) >= 11 is 7.63. The number of benzene rings is 1. The maximum atomic E-state index is 12.6. The second-order valence-corrected chi connectivity index (χ2v) is 8.37. The zero-order chi connectivity index (χ0) is 17.4. The Bertz CT molecular complexity index is 808. The Kier molecular flexibility index (Phi) is 4.29. The van der Waals surface area contributed by atoms with Gasteiger partial charge in [0.05, 0.1) is 6.54 Å². The van der Waals surface area contributed by atoms with E-state index >= 15 is 0 Å². The molecule has 4 nitrogen and oxygen atoms in total. The number of hydrogen-bond donors (Lipinski definition) is 1. The van der Waals surface area contributed by atoms with Crippen molar-refractivity contribution in [1.82, 2.24) is 10.2 Å². The van der Waals surface area contributed by atoms with Crippen LogP contribution in [0.4, 0.5) is 0 Å². The summed E-state index contributed by atoms with van der Waals surface area (Å²) in [7, 11) is 0. The predicted octanol–water partition coefficient (Wildman–Crippen LogP) is 3.57. The van der Waals surface area contributed by atoms with E-state index in [9.17, 15) is 9.59 Å². The fraction of sp³-hybridized carbons (Fsp3) is 0.368. The Labute approximate surface area is 155 Å². The maximum Gasteiger partial charge on any atom is 0.253 e. The number of likely N-dealkylation sites (tertiary alicyclic amines) is 1. The highest BCUT2D eigenvalue weighted by atomic mass is 35.5. The Morgan fingerprint density at radius 1 is 1.32 bits per heavy atom. The second kappa shape index (κ2) is 6.46. The summed E-state index contributed by atoms with van der Waals surface area (Å²) in [5.74, 6) is 0.152. The van der Waals surface area contributed by atoms with Gasteiger partial charge in [0.2, 0.25) is 5.91 Å². The van der Waals surface area contributed by atoms with Crippen LogP contribution < -0.4 is 5.32 Å². The zero-order valence-corrected chi connectivity index (χ0v) is 15.3. The van der Waals surface area contributed by atoms with E-state index in [2.05, 4.69) is 5.32 Å². The van der Waals surface area contributed by atoms with Gasteiger partial charge in [0.15, 0.2) is 0 Å². The first-order chi connectivity index (χ1) is 12.1. The van der Waals surface area contributed by atoms with Crippen molar-refractivity contribution in [2.45, 2.75) is 19.4 Å². The number of nitrogens with zero attached hydrogens (tertiary/aromatic N) is 1. The zero-order valence-electron chi connectivity index (χ0n) is 13.7. The molecule has 130 valence electrons. The number of thiophene rings is 1. The molecular formula is C19H19ClN2O2S. The van der Waals surface area contributed by atoms with Gasteiger partial charge in [-0.3, -0.25) is 9.59 Å². The monoisotopic (exact) mass is 374 g/mol. The Hall–Kier alpha value is -1.85. The molecule has 1 N–H and O–H groups in total. The highest BCUT2D eigenvalue weighted by Crippen LogP contribution is 2.58. The fourth-order valence-corrected chi connectivity index (χ4v) is 4.59. The molecule has 0 radical (unpaired) electrons. The Balaban J connectivity index is 1.35. The molecule has 4 rings (SSSR count). The van der Waals surface area contributed by atoms with E-state index in [-0.39, 0.29) is 23.1 Å². The Morgan fingerprint density at radius 3 is 2.96 bits per heavy atom. The topological polar surface area (TPSA) is 49.4 Å². The molecule has 1 aromatic carbocycles. The molecule has 1 aliphatic carbocycles. The summed E-state index contributed by atoms with van der Waals surface area (Å²) < 4.78 is 0. The minimum Gasteiger partial charge on any atom is -0.351 e. The van der Waals surface area contributed by atoms with Crippen LogP contribution in [-0.2, 0) is 11.3 Å². The molecule has 2 fully saturated rings. The Morgan fingerprint density at radius 2 is 2.20 bits per heavy atom. The van der Waals surface area contributed by atoms with Gasteiger partial charge in [-0.15, -0.1) is 11.3 Å². The lowest BCUT2D eigenvalue weighted by molar-refractivity contribution is -0.123. The molecule has 2 aromatic rings. The highest BCUT2D eigenvalue weighted by molar-refractivity contribution is 7.09. The van der Waals surface area contributed by atoms with E-state index in [1.165, 1.54) is 0 Å². The summed E-state index contributed by atoms with van der Waals surface area (Å²) in [6.07, 6.45) is 1.78. The SMILES string of the molecule is O=C(NCc1cccs1)[C@@H]1C[C@@]12CCN(C(=O)c1cccc(Cl)c1)C2. The lowest BCUT2D eigenvalue weighted by Crippen LogP contribution is -2.31. The molecule has 6 heteroatoms. The van der Waals surface area contributed by atoms with Gasteiger partial charge < -0.3 is 10.2 Å². The van der Waals surface area contributed by atoms with E-state index < -0.39 is 0 Å². The van der Waals surface area contributed by atoms with Crippen LogP contribution in [0.1, 0.15) is 28.1 Å². The van der Waals surface area contributed by atoms with E-state index in [0.717, 1.165) is 17.7 Å². The lowest BCUT2D eigenvalue weighted by Gasteiger charge is -2.17. The van der Waals surface area contributed by atoms with Gasteiger partial charge >= 0.3 is 0 Å². The number of hydrogen-bond acceptors (Lipinski definition) is 3. The van der Waals surface area contributed by atoms with Crippen LogP contribution in [0.25, 0.3) is 0 Å². The molecule has 0 bridgehead atoms. The van der Waals surface area contributed by atoms with Gasteiger partial charge in [-0.25, -0.2) is 0 Å². The van der Waals surface area contributed by atoms with Crippen molar-refractivity contribution in [1.29, 1.82) is 0 Å². The molecule has 1 saturated heterocycles. The second-order valence-electron chi connectivity index (χ2n) is 6.90. The highest BCUT2D eigenvalue weighted by Gasteiger charge is 2.61. The van der Waals surface area contributed by atoms with Gasteiger partial charge in [-0.1, -0.05) is 23.7 Å². The van der Waals surface area contributed by atoms with Crippen molar-refractivity contribution >= 4 is 34.8 Å². The van der Waals surface area contributed by atoms with Crippen LogP contribution >= 0.6 is 22.9 Å². The van der Waals surface area contributed by atoms with Gasteiger partial charge in [0, 0.05) is 39.9 Å². The first-order valence-electron chi connectivity index (χ1n) is 8.42. The van der Waals surface area contributed by atoms with Crippen molar-refractivity contribution in [3.63, 3.8) is 0 Å². The van der Waals surface area contributed by atoms with Crippen LogP contribution in [0.2, 0.25) is 5.02 Å². The third kappa shape index (κ3) is 3.31. The number of rotatable bonds is 4. The first-order valence-corrected chi connectivity index (χ1v) is 9.68. The normalized spacial score (nSPS) is 24.5. The predicted molar refractivity (Wildman–Crippen MR) is 98.7 cm³/mol. The van der Waals surface area contributed by atoms with Crippen LogP contribution in [-0.4, -0.2) is 29.8 Å². The van der Waals surface area contributed by atoms with E-state index in [4.69, 9.17) is 11.6 Å². The molecule has 25 heavy (non-hydrogen) atoms. The molecule has 2 atom stereocenters. The minimum atomic E-state index is -0.0201. The third-order valence-corrected chi connectivity index (χ3v) is 6.38. The smallest absolute Gasteiger partial charge is 0.253 e. The minimum absolute atomic E-state index is 0.00372. The van der Waals surface area contributed by atoms with Gasteiger partial charge in [-0.2, -0.15) is 0 Å². The van der Waals surface area contributed by atoms with Crippen LogP contribution in [0.5, 0.6) is 0 Å².